The number of hydroxylamine groups is 1. The van der Waals surface area contributed by atoms with Crippen molar-refractivity contribution in [3.63, 3.8) is 0 Å². The fraction of sp³-hybridized carbons (Fsp3) is 0.917. The summed E-state index contributed by atoms with van der Waals surface area (Å²) in [5.41, 5.74) is 8.30. The average Bonchev–Trinajstić information content (AvgIpc) is 2.73. The summed E-state index contributed by atoms with van der Waals surface area (Å²) in [6.45, 7) is 5.73. The van der Waals surface area contributed by atoms with Crippen molar-refractivity contribution in [2.75, 3.05) is 0 Å². The van der Waals surface area contributed by atoms with Crippen molar-refractivity contribution >= 4 is 5.91 Å². The Kier molecular flexibility index (Phi) is 2.97. The van der Waals surface area contributed by atoms with E-state index in [-0.39, 0.29) is 23.5 Å². The highest BCUT2D eigenvalue weighted by atomic mass is 16.7. The predicted molar refractivity (Wildman–Crippen MR) is 61.3 cm³/mol. The maximum atomic E-state index is 12.0. The lowest BCUT2D eigenvalue weighted by Gasteiger charge is -2.28. The van der Waals surface area contributed by atoms with Crippen LogP contribution in [0.1, 0.15) is 40.0 Å². The maximum absolute atomic E-state index is 12.0. The summed E-state index contributed by atoms with van der Waals surface area (Å²) >= 11 is 0. The molecule has 2 bridgehead atoms. The molecular weight excluding hydrogens is 204 g/mol. The molecule has 0 saturated heterocycles. The van der Waals surface area contributed by atoms with Crippen molar-refractivity contribution < 1.29 is 9.63 Å². The first-order valence-corrected chi connectivity index (χ1v) is 6.12. The van der Waals surface area contributed by atoms with Crippen molar-refractivity contribution in [1.29, 1.82) is 0 Å². The van der Waals surface area contributed by atoms with E-state index in [2.05, 4.69) is 5.48 Å². The molecule has 16 heavy (non-hydrogen) atoms. The average molecular weight is 226 g/mol. The molecule has 4 atom stereocenters. The van der Waals surface area contributed by atoms with Gasteiger partial charge in [0.05, 0.1) is 11.5 Å². The number of hydrogen-bond donors (Lipinski definition) is 2. The minimum atomic E-state index is -0.350. The Bertz CT molecular complexity index is 283. The zero-order chi connectivity index (χ0) is 11.9. The number of fused-ring (bicyclic) bond motifs is 2. The van der Waals surface area contributed by atoms with E-state index < -0.39 is 0 Å². The minimum Gasteiger partial charge on any atom is -0.327 e. The lowest BCUT2D eigenvalue weighted by Crippen LogP contribution is -2.46. The molecule has 0 aliphatic heterocycles. The Morgan fingerprint density at radius 1 is 1.31 bits per heavy atom. The monoisotopic (exact) mass is 226 g/mol. The molecule has 2 rings (SSSR count). The van der Waals surface area contributed by atoms with Gasteiger partial charge in [-0.05, 0) is 51.9 Å². The van der Waals surface area contributed by atoms with Gasteiger partial charge in [0.15, 0.2) is 0 Å². The van der Waals surface area contributed by atoms with Gasteiger partial charge >= 0.3 is 0 Å². The normalized spacial score (nSPS) is 37.8. The van der Waals surface area contributed by atoms with Crippen LogP contribution in [-0.2, 0) is 9.63 Å². The molecule has 1 amide bonds. The molecular formula is C12H22N2O2. The summed E-state index contributed by atoms with van der Waals surface area (Å²) < 4.78 is 0. The number of carbonyl (C=O) groups is 1. The lowest BCUT2D eigenvalue weighted by molar-refractivity contribution is -0.151. The predicted octanol–water partition coefficient (Wildman–Crippen LogP) is 1.21. The molecule has 4 heteroatoms. The van der Waals surface area contributed by atoms with Crippen molar-refractivity contribution in [3.05, 3.63) is 0 Å². The fourth-order valence-corrected chi connectivity index (χ4v) is 3.00. The van der Waals surface area contributed by atoms with Crippen molar-refractivity contribution in [1.82, 2.24) is 5.48 Å². The molecule has 4 unspecified atom stereocenters. The molecule has 0 radical (unpaired) electrons. The topological polar surface area (TPSA) is 64.3 Å². The second kappa shape index (κ2) is 4.00. The Balaban J connectivity index is 1.91. The van der Waals surface area contributed by atoms with Crippen LogP contribution in [0, 0.1) is 17.8 Å². The van der Waals surface area contributed by atoms with E-state index in [1.165, 1.54) is 6.42 Å². The van der Waals surface area contributed by atoms with Crippen LogP contribution >= 0.6 is 0 Å². The van der Waals surface area contributed by atoms with E-state index in [1.807, 2.05) is 20.8 Å². The van der Waals surface area contributed by atoms with E-state index in [0.29, 0.717) is 11.8 Å². The van der Waals surface area contributed by atoms with Gasteiger partial charge in [-0.3, -0.25) is 9.63 Å². The van der Waals surface area contributed by atoms with Crippen LogP contribution in [-0.4, -0.2) is 17.6 Å². The molecule has 0 aromatic carbocycles. The number of nitrogens with two attached hydrogens (primary N) is 1. The standard InChI is InChI=1S/C12H22N2O2/c1-12(2,3)16-14-11(15)9-7-4-5-8(6-7)10(9)13/h7-10H,4-6,13H2,1-3H3,(H,14,15). The number of hydrogen-bond acceptors (Lipinski definition) is 3. The van der Waals surface area contributed by atoms with E-state index in [9.17, 15) is 4.79 Å². The first kappa shape index (κ1) is 11.9. The van der Waals surface area contributed by atoms with Crippen LogP contribution in [0.3, 0.4) is 0 Å². The Hall–Kier alpha value is -0.610. The molecule has 3 N–H and O–H groups in total. The van der Waals surface area contributed by atoms with Gasteiger partial charge in [-0.25, -0.2) is 5.48 Å². The maximum Gasteiger partial charge on any atom is 0.248 e. The molecule has 92 valence electrons. The summed E-state index contributed by atoms with van der Waals surface area (Å²) in [6.07, 6.45) is 3.45. The van der Waals surface area contributed by atoms with Crippen LogP contribution < -0.4 is 11.2 Å². The van der Waals surface area contributed by atoms with Gasteiger partial charge < -0.3 is 5.73 Å². The molecule has 0 heterocycles. The minimum absolute atomic E-state index is 0.0299. The first-order valence-electron chi connectivity index (χ1n) is 6.12. The highest BCUT2D eigenvalue weighted by molar-refractivity contribution is 5.79. The third-order valence-electron chi connectivity index (χ3n) is 3.74. The summed E-state index contributed by atoms with van der Waals surface area (Å²) in [5, 5.41) is 0. The van der Waals surface area contributed by atoms with E-state index in [1.54, 1.807) is 0 Å². The zero-order valence-corrected chi connectivity index (χ0v) is 10.3. The van der Waals surface area contributed by atoms with Crippen LogP contribution in [0.5, 0.6) is 0 Å². The molecule has 0 aromatic rings. The number of amides is 1. The Morgan fingerprint density at radius 3 is 2.44 bits per heavy atom. The van der Waals surface area contributed by atoms with Crippen molar-refractivity contribution in [3.8, 4) is 0 Å². The van der Waals surface area contributed by atoms with E-state index in [0.717, 1.165) is 12.8 Å². The Morgan fingerprint density at radius 2 is 1.94 bits per heavy atom. The van der Waals surface area contributed by atoms with Gasteiger partial charge in [0, 0.05) is 6.04 Å². The molecule has 0 spiro atoms. The fourth-order valence-electron chi connectivity index (χ4n) is 3.00. The van der Waals surface area contributed by atoms with Gasteiger partial charge in [-0.2, -0.15) is 0 Å². The molecule has 0 aromatic heterocycles. The third kappa shape index (κ3) is 2.23. The highest BCUT2D eigenvalue weighted by Crippen LogP contribution is 2.47. The molecule has 2 aliphatic carbocycles. The molecule has 2 fully saturated rings. The molecule has 4 nitrogen and oxygen atoms in total. The number of rotatable bonds is 2. The second-order valence-corrected chi connectivity index (χ2v) is 6.12. The van der Waals surface area contributed by atoms with Gasteiger partial charge in [0.2, 0.25) is 5.91 Å². The van der Waals surface area contributed by atoms with Crippen molar-refractivity contribution in [2.45, 2.75) is 51.7 Å². The quantitative estimate of drug-likeness (QED) is 0.695. The van der Waals surface area contributed by atoms with Crippen LogP contribution in [0.25, 0.3) is 0 Å². The van der Waals surface area contributed by atoms with Gasteiger partial charge in [-0.15, -0.1) is 0 Å². The lowest BCUT2D eigenvalue weighted by atomic mass is 9.84. The van der Waals surface area contributed by atoms with Crippen molar-refractivity contribution in [2.24, 2.45) is 23.5 Å². The summed E-state index contributed by atoms with van der Waals surface area (Å²) in [6, 6.07) is 0.0299. The van der Waals surface area contributed by atoms with Gasteiger partial charge in [0.25, 0.3) is 0 Å². The largest absolute Gasteiger partial charge is 0.327 e. The highest BCUT2D eigenvalue weighted by Gasteiger charge is 2.49. The van der Waals surface area contributed by atoms with Crippen LogP contribution in [0.15, 0.2) is 0 Å². The molecule has 2 saturated carbocycles. The summed E-state index contributed by atoms with van der Waals surface area (Å²) in [7, 11) is 0. The van der Waals surface area contributed by atoms with E-state index >= 15 is 0 Å². The van der Waals surface area contributed by atoms with E-state index in [4.69, 9.17) is 10.6 Å². The molecule has 2 aliphatic rings. The van der Waals surface area contributed by atoms with Gasteiger partial charge in [0.1, 0.15) is 0 Å². The summed E-state index contributed by atoms with van der Waals surface area (Å²) in [4.78, 5) is 17.3. The van der Waals surface area contributed by atoms with Gasteiger partial charge in [-0.1, -0.05) is 0 Å². The third-order valence-corrected chi connectivity index (χ3v) is 3.74. The zero-order valence-electron chi connectivity index (χ0n) is 10.3. The van der Waals surface area contributed by atoms with Crippen LogP contribution in [0.2, 0.25) is 0 Å². The number of nitrogens with one attached hydrogen (secondary N) is 1. The first-order chi connectivity index (χ1) is 7.38. The smallest absolute Gasteiger partial charge is 0.248 e. The number of carbonyl (C=O) groups excluding carboxylic acids is 1. The Labute approximate surface area is 96.9 Å². The second-order valence-electron chi connectivity index (χ2n) is 6.12. The SMILES string of the molecule is CC(C)(C)ONC(=O)C1C2CCC(C2)C1N. The summed E-state index contributed by atoms with van der Waals surface area (Å²) in [5.74, 6) is 0.953. The van der Waals surface area contributed by atoms with Crippen LogP contribution in [0.4, 0.5) is 0 Å².